The number of hydrogen-bond donors (Lipinski definition) is 4. The summed E-state index contributed by atoms with van der Waals surface area (Å²) in [5.41, 5.74) is 0.316. The molecule has 0 aliphatic carbocycles. The van der Waals surface area contributed by atoms with Crippen molar-refractivity contribution in [1.29, 1.82) is 0 Å². The van der Waals surface area contributed by atoms with Gasteiger partial charge in [-0.15, -0.1) is 0 Å². The van der Waals surface area contributed by atoms with Crippen molar-refractivity contribution in [3.8, 4) is 0 Å². The fraction of sp³-hybridized carbons (Fsp3) is 0.842. The Bertz CT molecular complexity index is 624. The number of rotatable bonds is 6. The molecule has 11 heteroatoms. The molecule has 172 valence electrons. The molecule has 30 heavy (non-hydrogen) atoms. The number of ether oxygens (including phenoxy) is 6. The van der Waals surface area contributed by atoms with Crippen LogP contribution >= 0.6 is 0 Å². The molecule has 2 fully saturated rings. The van der Waals surface area contributed by atoms with E-state index in [1.165, 1.54) is 13.4 Å². The van der Waals surface area contributed by atoms with E-state index in [-0.39, 0.29) is 5.92 Å². The number of esters is 1. The first-order valence-corrected chi connectivity index (χ1v) is 9.99. The summed E-state index contributed by atoms with van der Waals surface area (Å²) in [4.78, 5) is 12.3. The Balaban J connectivity index is 1.82. The van der Waals surface area contributed by atoms with Crippen molar-refractivity contribution < 1.29 is 53.6 Å². The molecule has 3 aliphatic heterocycles. The van der Waals surface area contributed by atoms with Crippen LogP contribution in [0.2, 0.25) is 0 Å². The molecule has 0 amide bonds. The molecule has 0 bridgehead atoms. The number of aliphatic hydroxyl groups is 4. The van der Waals surface area contributed by atoms with Crippen LogP contribution in [0.1, 0.15) is 20.3 Å². The topological polar surface area (TPSA) is 153 Å². The number of fused-ring (bicyclic) bond motifs is 1. The monoisotopic (exact) mass is 434 g/mol. The Hall–Kier alpha value is -1.31. The third-order valence-electron chi connectivity index (χ3n) is 5.75. The van der Waals surface area contributed by atoms with E-state index in [4.69, 9.17) is 28.4 Å². The molecule has 11 nitrogen and oxygen atoms in total. The summed E-state index contributed by atoms with van der Waals surface area (Å²) in [5, 5.41) is 39.6. The fourth-order valence-corrected chi connectivity index (χ4v) is 4.19. The van der Waals surface area contributed by atoms with Crippen LogP contribution in [-0.2, 0) is 33.2 Å². The SMILES string of the molecule is CCO[C@@H]1C[C@@H]2C(C(=O)OC)=CO[C@@H](O[C@@H]3O[C@H](CO)[C@@H](O)[C@H](O)[C@H]3O)[C@@H]2[C@H](C)O1. The summed E-state index contributed by atoms with van der Waals surface area (Å²) in [7, 11) is 1.28. The Morgan fingerprint density at radius 3 is 2.53 bits per heavy atom. The van der Waals surface area contributed by atoms with E-state index >= 15 is 0 Å². The quantitative estimate of drug-likeness (QED) is 0.366. The number of aliphatic hydroxyl groups excluding tert-OH is 4. The highest BCUT2D eigenvalue weighted by Gasteiger charge is 2.51. The van der Waals surface area contributed by atoms with Crippen LogP contribution in [0.25, 0.3) is 0 Å². The Labute approximate surface area is 174 Å². The molecule has 0 spiro atoms. The van der Waals surface area contributed by atoms with E-state index in [9.17, 15) is 25.2 Å². The maximum atomic E-state index is 12.3. The second kappa shape index (κ2) is 9.88. The number of hydrogen-bond acceptors (Lipinski definition) is 11. The van der Waals surface area contributed by atoms with Crippen molar-refractivity contribution in [3.05, 3.63) is 11.8 Å². The van der Waals surface area contributed by atoms with Crippen molar-refractivity contribution in [3.63, 3.8) is 0 Å². The van der Waals surface area contributed by atoms with E-state index in [2.05, 4.69) is 0 Å². The van der Waals surface area contributed by atoms with E-state index in [0.717, 1.165) is 0 Å². The molecule has 0 radical (unpaired) electrons. The van der Waals surface area contributed by atoms with Gasteiger partial charge < -0.3 is 48.8 Å². The van der Waals surface area contributed by atoms with Crippen LogP contribution < -0.4 is 0 Å². The first kappa shape index (κ1) is 23.4. The van der Waals surface area contributed by atoms with Crippen molar-refractivity contribution in [1.82, 2.24) is 0 Å². The second-order valence-corrected chi connectivity index (χ2v) is 7.55. The molecule has 0 aromatic heterocycles. The molecule has 3 rings (SSSR count). The van der Waals surface area contributed by atoms with Gasteiger partial charge in [-0.3, -0.25) is 0 Å². The molecular formula is C19H30O11. The van der Waals surface area contributed by atoms with Crippen LogP contribution in [0, 0.1) is 11.8 Å². The van der Waals surface area contributed by atoms with Crippen molar-refractivity contribution in [2.24, 2.45) is 11.8 Å². The van der Waals surface area contributed by atoms with Gasteiger partial charge in [-0.05, 0) is 13.8 Å². The van der Waals surface area contributed by atoms with Crippen LogP contribution in [0.15, 0.2) is 11.8 Å². The third-order valence-corrected chi connectivity index (χ3v) is 5.75. The van der Waals surface area contributed by atoms with Crippen molar-refractivity contribution in [2.45, 2.75) is 69.7 Å². The summed E-state index contributed by atoms with van der Waals surface area (Å²) in [5.74, 6) is -1.39. The van der Waals surface area contributed by atoms with Crippen molar-refractivity contribution >= 4 is 5.97 Å². The highest BCUT2D eigenvalue weighted by molar-refractivity contribution is 5.88. The zero-order chi connectivity index (χ0) is 22.0. The lowest BCUT2D eigenvalue weighted by Gasteiger charge is -2.47. The first-order valence-electron chi connectivity index (χ1n) is 9.99. The van der Waals surface area contributed by atoms with Gasteiger partial charge in [-0.2, -0.15) is 0 Å². The number of carbonyl (C=O) groups is 1. The maximum absolute atomic E-state index is 12.3. The van der Waals surface area contributed by atoms with Gasteiger partial charge in [0.25, 0.3) is 0 Å². The maximum Gasteiger partial charge on any atom is 0.337 e. The average Bonchev–Trinajstić information content (AvgIpc) is 2.73. The number of carbonyl (C=O) groups excluding carboxylic acids is 1. The molecular weight excluding hydrogens is 404 g/mol. The summed E-state index contributed by atoms with van der Waals surface area (Å²) in [6, 6.07) is 0. The molecule has 10 atom stereocenters. The van der Waals surface area contributed by atoms with Gasteiger partial charge in [0.05, 0.1) is 37.6 Å². The van der Waals surface area contributed by atoms with Gasteiger partial charge in [-0.1, -0.05) is 0 Å². The Morgan fingerprint density at radius 1 is 1.17 bits per heavy atom. The lowest BCUT2D eigenvalue weighted by atomic mass is 9.77. The Kier molecular flexibility index (Phi) is 7.69. The summed E-state index contributed by atoms with van der Waals surface area (Å²) in [6.07, 6.45) is -7.51. The van der Waals surface area contributed by atoms with Gasteiger partial charge in [0, 0.05) is 18.9 Å². The Morgan fingerprint density at radius 2 is 1.90 bits per heavy atom. The van der Waals surface area contributed by atoms with Crippen molar-refractivity contribution in [2.75, 3.05) is 20.3 Å². The predicted molar refractivity (Wildman–Crippen MR) is 97.4 cm³/mol. The van der Waals surface area contributed by atoms with Crippen LogP contribution in [0.4, 0.5) is 0 Å². The third kappa shape index (κ3) is 4.48. The smallest absolute Gasteiger partial charge is 0.337 e. The minimum atomic E-state index is -1.58. The summed E-state index contributed by atoms with van der Waals surface area (Å²) < 4.78 is 33.2. The van der Waals surface area contributed by atoms with Gasteiger partial charge in [0.15, 0.2) is 12.6 Å². The summed E-state index contributed by atoms with van der Waals surface area (Å²) >= 11 is 0. The van der Waals surface area contributed by atoms with E-state index in [1.54, 1.807) is 6.92 Å². The second-order valence-electron chi connectivity index (χ2n) is 7.55. The normalized spacial score (nSPS) is 43.9. The molecule has 0 aromatic carbocycles. The van der Waals surface area contributed by atoms with Gasteiger partial charge in [-0.25, -0.2) is 4.79 Å². The first-order chi connectivity index (χ1) is 14.3. The van der Waals surface area contributed by atoms with Gasteiger partial charge >= 0.3 is 5.97 Å². The van der Waals surface area contributed by atoms with Crippen LogP contribution in [-0.4, -0.2) is 96.1 Å². The minimum absolute atomic E-state index is 0.316. The van der Waals surface area contributed by atoms with E-state index in [0.29, 0.717) is 18.6 Å². The van der Waals surface area contributed by atoms with Crippen LogP contribution in [0.5, 0.6) is 0 Å². The van der Waals surface area contributed by atoms with Gasteiger partial charge in [0.1, 0.15) is 24.4 Å². The lowest BCUT2D eigenvalue weighted by molar-refractivity contribution is -0.353. The molecule has 0 aromatic rings. The molecule has 0 unspecified atom stereocenters. The zero-order valence-corrected chi connectivity index (χ0v) is 17.1. The zero-order valence-electron chi connectivity index (χ0n) is 17.1. The standard InChI is InChI=1S/C19H30O11/c1-4-26-12-5-9-10(17(24)25-3)7-27-18(13(9)8(2)28-12)30-19-16(23)15(22)14(21)11(6-20)29-19/h7-9,11-16,18-23H,4-6H2,1-3H3/t8-,9+,11+,12-,13+,14+,15-,16+,18-,19-/m0/s1. The summed E-state index contributed by atoms with van der Waals surface area (Å²) in [6.45, 7) is 3.49. The molecule has 3 aliphatic rings. The molecule has 4 N–H and O–H groups in total. The lowest BCUT2D eigenvalue weighted by Crippen LogP contribution is -2.61. The van der Waals surface area contributed by atoms with Crippen LogP contribution in [0.3, 0.4) is 0 Å². The van der Waals surface area contributed by atoms with Gasteiger partial charge in [0.2, 0.25) is 6.29 Å². The predicted octanol–water partition coefficient (Wildman–Crippen LogP) is -1.38. The fourth-order valence-electron chi connectivity index (χ4n) is 4.19. The van der Waals surface area contributed by atoms with E-state index in [1.807, 2.05) is 6.92 Å². The highest BCUT2D eigenvalue weighted by atomic mass is 16.8. The molecule has 0 saturated carbocycles. The molecule has 3 heterocycles. The highest BCUT2D eigenvalue weighted by Crippen LogP contribution is 2.43. The average molecular weight is 434 g/mol. The minimum Gasteiger partial charge on any atom is -0.471 e. The largest absolute Gasteiger partial charge is 0.471 e. The molecule has 2 saturated heterocycles. The number of methoxy groups -OCH3 is 1. The van der Waals surface area contributed by atoms with E-state index < -0.39 is 67.9 Å².